The Bertz CT molecular complexity index is 714. The minimum Gasteiger partial charge on any atom is -0.320 e. The van der Waals surface area contributed by atoms with E-state index in [0.717, 1.165) is 48.6 Å². The molecular weight excluding hydrogens is 330 g/mol. The summed E-state index contributed by atoms with van der Waals surface area (Å²) in [6, 6.07) is 6.52. The average molecular weight is 368 g/mol. The fourth-order valence-electron chi connectivity index (χ4n) is 3.68. The van der Waals surface area contributed by atoms with Crippen LogP contribution in [0.25, 0.3) is 0 Å². The van der Waals surface area contributed by atoms with Crippen LogP contribution in [-0.2, 0) is 0 Å². The lowest BCUT2D eigenvalue weighted by atomic mass is 9.92. The summed E-state index contributed by atoms with van der Waals surface area (Å²) in [4.78, 5) is 7.33. The maximum atomic E-state index is 5.04. The molecule has 3 heteroatoms. The number of aryl methyl sites for hydroxylation is 1. The number of nitrogens with zero attached hydrogens (tertiary/aromatic N) is 2. The molecule has 2 rings (SSSR count). The number of allylic oxidation sites excluding steroid dienone is 2. The van der Waals surface area contributed by atoms with Crippen molar-refractivity contribution in [3.63, 3.8) is 0 Å². The SMILES string of the molecule is C=C1C(C(CC)CCNC)=Nc2ccc(C)cc2N1/C=C(/C)CC(C)CC. The van der Waals surface area contributed by atoms with Crippen molar-refractivity contribution in [3.8, 4) is 0 Å². The Hall–Kier alpha value is -1.87. The molecule has 1 aliphatic rings. The third kappa shape index (κ3) is 5.32. The molecule has 1 N–H and O–H groups in total. The van der Waals surface area contributed by atoms with Crippen molar-refractivity contribution in [2.24, 2.45) is 16.8 Å². The van der Waals surface area contributed by atoms with Gasteiger partial charge in [-0.3, -0.25) is 0 Å². The van der Waals surface area contributed by atoms with E-state index in [1.165, 1.54) is 17.6 Å². The topological polar surface area (TPSA) is 27.6 Å². The lowest BCUT2D eigenvalue weighted by Gasteiger charge is -2.33. The van der Waals surface area contributed by atoms with Gasteiger partial charge >= 0.3 is 0 Å². The summed E-state index contributed by atoms with van der Waals surface area (Å²) in [5.74, 6) is 1.12. The number of aliphatic imine (C=N–C) groups is 1. The lowest BCUT2D eigenvalue weighted by Crippen LogP contribution is -2.31. The van der Waals surface area contributed by atoms with Crippen LogP contribution in [0, 0.1) is 18.8 Å². The molecule has 0 saturated carbocycles. The Morgan fingerprint density at radius 1 is 1.30 bits per heavy atom. The molecule has 27 heavy (non-hydrogen) atoms. The molecule has 148 valence electrons. The normalized spacial score (nSPS) is 16.8. The van der Waals surface area contributed by atoms with Crippen LogP contribution in [0.2, 0.25) is 0 Å². The van der Waals surface area contributed by atoms with Gasteiger partial charge in [-0.2, -0.15) is 0 Å². The third-order valence-electron chi connectivity index (χ3n) is 5.56. The van der Waals surface area contributed by atoms with E-state index in [4.69, 9.17) is 4.99 Å². The fraction of sp³-hybridized carbons (Fsp3) is 0.542. The van der Waals surface area contributed by atoms with E-state index in [9.17, 15) is 0 Å². The highest BCUT2D eigenvalue weighted by Crippen LogP contribution is 2.39. The summed E-state index contributed by atoms with van der Waals surface area (Å²) >= 11 is 0. The average Bonchev–Trinajstić information content (AvgIpc) is 2.65. The van der Waals surface area contributed by atoms with Gasteiger partial charge in [-0.1, -0.05) is 45.4 Å². The molecule has 2 atom stereocenters. The van der Waals surface area contributed by atoms with Crippen molar-refractivity contribution < 1.29 is 0 Å². The highest BCUT2D eigenvalue weighted by Gasteiger charge is 2.27. The second-order valence-corrected chi connectivity index (χ2v) is 8.00. The summed E-state index contributed by atoms with van der Waals surface area (Å²) in [5, 5.41) is 3.27. The van der Waals surface area contributed by atoms with Crippen LogP contribution in [0.4, 0.5) is 11.4 Å². The van der Waals surface area contributed by atoms with Gasteiger partial charge in [0, 0.05) is 12.1 Å². The minimum absolute atomic E-state index is 0.421. The molecule has 3 nitrogen and oxygen atoms in total. The molecule has 2 unspecified atom stereocenters. The van der Waals surface area contributed by atoms with Crippen molar-refractivity contribution in [3.05, 3.63) is 47.8 Å². The third-order valence-corrected chi connectivity index (χ3v) is 5.56. The van der Waals surface area contributed by atoms with Crippen molar-refractivity contribution in [1.29, 1.82) is 0 Å². The number of nitrogens with one attached hydrogen (secondary N) is 1. The van der Waals surface area contributed by atoms with Gasteiger partial charge in [0.25, 0.3) is 0 Å². The molecule has 0 aliphatic carbocycles. The van der Waals surface area contributed by atoms with Crippen molar-refractivity contribution in [2.45, 2.75) is 60.3 Å². The van der Waals surface area contributed by atoms with E-state index in [1.807, 2.05) is 7.05 Å². The summed E-state index contributed by atoms with van der Waals surface area (Å²) in [7, 11) is 2.01. The summed E-state index contributed by atoms with van der Waals surface area (Å²) in [6.45, 7) is 16.7. The van der Waals surface area contributed by atoms with Gasteiger partial charge in [0.05, 0.1) is 22.8 Å². The van der Waals surface area contributed by atoms with E-state index in [0.29, 0.717) is 11.8 Å². The van der Waals surface area contributed by atoms with Crippen molar-refractivity contribution in [2.75, 3.05) is 18.5 Å². The summed E-state index contributed by atoms with van der Waals surface area (Å²) < 4.78 is 0. The first-order valence-electron chi connectivity index (χ1n) is 10.4. The highest BCUT2D eigenvalue weighted by molar-refractivity contribution is 6.09. The summed E-state index contributed by atoms with van der Waals surface area (Å²) in [5.41, 5.74) is 7.01. The Labute approximate surface area is 166 Å². The Balaban J connectivity index is 2.44. The predicted octanol–water partition coefficient (Wildman–Crippen LogP) is 6.38. The first kappa shape index (κ1) is 21.4. The Kier molecular flexibility index (Phi) is 7.85. The van der Waals surface area contributed by atoms with Crippen molar-refractivity contribution >= 4 is 17.1 Å². The number of benzene rings is 1. The molecule has 0 fully saturated rings. The number of rotatable bonds is 9. The quantitative estimate of drug-likeness (QED) is 0.548. The number of fused-ring (bicyclic) bond motifs is 1. The number of hydrogen-bond donors (Lipinski definition) is 1. The zero-order valence-corrected chi connectivity index (χ0v) is 18.1. The largest absolute Gasteiger partial charge is 0.320 e. The van der Waals surface area contributed by atoms with Crippen molar-refractivity contribution in [1.82, 2.24) is 5.32 Å². The molecule has 0 spiro atoms. The zero-order chi connectivity index (χ0) is 20.0. The van der Waals surface area contributed by atoms with Crippen LogP contribution >= 0.6 is 0 Å². The van der Waals surface area contributed by atoms with Gasteiger partial charge in [0.2, 0.25) is 0 Å². The molecule has 1 heterocycles. The fourth-order valence-corrected chi connectivity index (χ4v) is 3.68. The van der Waals surface area contributed by atoms with Gasteiger partial charge in [-0.05, 0) is 70.3 Å². The first-order valence-corrected chi connectivity index (χ1v) is 10.4. The standard InChI is InChI=1S/C24H37N3/c1-8-17(3)14-19(5)16-27-20(6)24(21(9-2)12-13-25-7)26-22-11-10-18(4)15-23(22)27/h10-11,15-17,21,25H,6,8-9,12-14H2,1-5,7H3/b19-16-. The Morgan fingerprint density at radius 2 is 2.04 bits per heavy atom. The smallest absolute Gasteiger partial charge is 0.0874 e. The predicted molar refractivity (Wildman–Crippen MR) is 120 cm³/mol. The number of hydrogen-bond acceptors (Lipinski definition) is 3. The maximum absolute atomic E-state index is 5.04. The van der Waals surface area contributed by atoms with Crippen LogP contribution < -0.4 is 10.2 Å². The van der Waals surface area contributed by atoms with Crippen LogP contribution in [0.5, 0.6) is 0 Å². The zero-order valence-electron chi connectivity index (χ0n) is 18.1. The molecule has 0 amide bonds. The van der Waals surface area contributed by atoms with Crippen LogP contribution in [-0.4, -0.2) is 19.3 Å². The van der Waals surface area contributed by atoms with E-state index in [2.05, 4.69) is 75.8 Å². The summed E-state index contributed by atoms with van der Waals surface area (Å²) in [6.07, 6.45) is 6.76. The van der Waals surface area contributed by atoms with Gasteiger partial charge in [0.1, 0.15) is 0 Å². The number of anilines is 1. The van der Waals surface area contributed by atoms with E-state index >= 15 is 0 Å². The van der Waals surface area contributed by atoms with E-state index in [1.54, 1.807) is 0 Å². The second-order valence-electron chi connectivity index (χ2n) is 8.00. The van der Waals surface area contributed by atoms with Gasteiger partial charge in [0.15, 0.2) is 0 Å². The van der Waals surface area contributed by atoms with Gasteiger partial charge < -0.3 is 10.2 Å². The second kappa shape index (κ2) is 9.89. The molecule has 1 aromatic rings. The maximum Gasteiger partial charge on any atom is 0.0874 e. The molecule has 1 aliphatic heterocycles. The molecular formula is C24H37N3. The molecule has 0 aromatic heterocycles. The van der Waals surface area contributed by atoms with E-state index < -0.39 is 0 Å². The molecule has 1 aromatic carbocycles. The van der Waals surface area contributed by atoms with Gasteiger partial charge in [-0.25, -0.2) is 4.99 Å². The molecule has 0 radical (unpaired) electrons. The minimum atomic E-state index is 0.421. The molecule has 0 saturated heterocycles. The van der Waals surface area contributed by atoms with Crippen LogP contribution in [0.1, 0.15) is 58.9 Å². The van der Waals surface area contributed by atoms with Gasteiger partial charge in [-0.15, -0.1) is 0 Å². The van der Waals surface area contributed by atoms with E-state index in [-0.39, 0.29) is 0 Å². The lowest BCUT2D eigenvalue weighted by molar-refractivity contribution is 0.556. The highest BCUT2D eigenvalue weighted by atomic mass is 15.2. The van der Waals surface area contributed by atoms with Crippen LogP contribution in [0.3, 0.4) is 0 Å². The van der Waals surface area contributed by atoms with Crippen LogP contribution in [0.15, 0.2) is 47.2 Å². The molecule has 0 bridgehead atoms. The Morgan fingerprint density at radius 3 is 2.67 bits per heavy atom. The monoisotopic (exact) mass is 367 g/mol. The first-order chi connectivity index (χ1) is 12.9.